The summed E-state index contributed by atoms with van der Waals surface area (Å²) in [6.45, 7) is 0.521. The number of anilines is 1. The summed E-state index contributed by atoms with van der Waals surface area (Å²) < 4.78 is 0. The molecule has 8 heteroatoms. The summed E-state index contributed by atoms with van der Waals surface area (Å²) in [7, 11) is 0. The van der Waals surface area contributed by atoms with Gasteiger partial charge in [-0.25, -0.2) is 0 Å². The normalized spacial score (nSPS) is 20.1. The monoisotopic (exact) mass is 508 g/mol. The Bertz CT molecular complexity index is 1240. The average molecular weight is 509 g/mol. The summed E-state index contributed by atoms with van der Waals surface area (Å²) >= 11 is 7.66. The summed E-state index contributed by atoms with van der Waals surface area (Å²) in [4.78, 5) is 36.2. The lowest BCUT2D eigenvalue weighted by atomic mass is 9.96. The van der Waals surface area contributed by atoms with E-state index in [1.54, 1.807) is 4.90 Å². The molecule has 1 aliphatic heterocycles. The maximum Gasteiger partial charge on any atom is 0.242 e. The van der Waals surface area contributed by atoms with Gasteiger partial charge in [0.1, 0.15) is 5.25 Å². The first-order chi connectivity index (χ1) is 17.1. The molecule has 35 heavy (non-hydrogen) atoms. The second kappa shape index (κ2) is 10.9. The number of nitrogens with zero attached hydrogens (tertiary/aromatic N) is 2. The molecule has 2 fully saturated rings. The molecule has 2 N–H and O–H groups in total. The van der Waals surface area contributed by atoms with Gasteiger partial charge in [-0.1, -0.05) is 60.8 Å². The zero-order chi connectivity index (χ0) is 24.2. The summed E-state index contributed by atoms with van der Waals surface area (Å²) in [5.74, 6) is -0.196. The van der Waals surface area contributed by atoms with Crippen molar-refractivity contribution in [1.29, 1.82) is 0 Å². The predicted octanol–water partition coefficient (Wildman–Crippen LogP) is 6.03. The van der Waals surface area contributed by atoms with Gasteiger partial charge < -0.3 is 10.3 Å². The van der Waals surface area contributed by atoms with Gasteiger partial charge in [-0.05, 0) is 55.2 Å². The van der Waals surface area contributed by atoms with E-state index >= 15 is 0 Å². The molecule has 0 spiro atoms. The lowest BCUT2D eigenvalue weighted by Crippen LogP contribution is -2.35. The second-order valence-electron chi connectivity index (χ2n) is 9.17. The number of aromatic nitrogens is 1. The van der Waals surface area contributed by atoms with Gasteiger partial charge in [-0.15, -0.1) is 0 Å². The van der Waals surface area contributed by atoms with Crippen molar-refractivity contribution in [3.63, 3.8) is 0 Å². The number of nitrogens with one attached hydrogen (secondary N) is 2. The second-order valence-corrected chi connectivity index (χ2v) is 10.8. The Hall–Kier alpha value is -2.77. The van der Waals surface area contributed by atoms with Crippen LogP contribution < -0.4 is 5.32 Å². The van der Waals surface area contributed by atoms with Gasteiger partial charge in [0.25, 0.3) is 0 Å². The molecule has 182 valence electrons. The zero-order valence-corrected chi connectivity index (χ0v) is 21.1. The van der Waals surface area contributed by atoms with Crippen LogP contribution in [0, 0.1) is 0 Å². The van der Waals surface area contributed by atoms with E-state index in [0.717, 1.165) is 40.2 Å². The number of aromatic amines is 1. The summed E-state index contributed by atoms with van der Waals surface area (Å²) in [6, 6.07) is 15.4. The van der Waals surface area contributed by atoms with E-state index in [2.05, 4.69) is 10.3 Å². The third-order valence-electron chi connectivity index (χ3n) is 6.65. The van der Waals surface area contributed by atoms with Crippen molar-refractivity contribution >= 4 is 56.9 Å². The molecule has 1 aromatic heterocycles. The lowest BCUT2D eigenvalue weighted by molar-refractivity contribution is -0.128. The molecule has 0 unspecified atom stereocenters. The smallest absolute Gasteiger partial charge is 0.242 e. The van der Waals surface area contributed by atoms with Crippen LogP contribution in [0.3, 0.4) is 0 Å². The van der Waals surface area contributed by atoms with E-state index in [9.17, 15) is 9.59 Å². The third kappa shape index (κ3) is 5.73. The summed E-state index contributed by atoms with van der Waals surface area (Å²) in [5.41, 5.74) is 2.87. The molecule has 1 saturated heterocycles. The fraction of sp³-hybridized carbons (Fsp3) is 0.370. The highest BCUT2D eigenvalue weighted by Crippen LogP contribution is 2.33. The van der Waals surface area contributed by atoms with Crippen LogP contribution in [-0.2, 0) is 16.0 Å². The molecule has 2 amide bonds. The van der Waals surface area contributed by atoms with Crippen LogP contribution in [0.2, 0.25) is 5.02 Å². The number of fused-ring (bicyclic) bond motifs is 1. The number of halogens is 1. The van der Waals surface area contributed by atoms with E-state index in [0.29, 0.717) is 18.0 Å². The largest absolute Gasteiger partial charge is 0.361 e. The van der Waals surface area contributed by atoms with E-state index in [1.807, 2.05) is 54.7 Å². The van der Waals surface area contributed by atoms with Gasteiger partial charge in [0.05, 0.1) is 6.04 Å². The van der Waals surface area contributed by atoms with Crippen molar-refractivity contribution < 1.29 is 9.59 Å². The van der Waals surface area contributed by atoms with Crippen LogP contribution in [0.1, 0.15) is 44.1 Å². The van der Waals surface area contributed by atoms with Gasteiger partial charge in [0, 0.05) is 40.8 Å². The molecule has 3 aromatic rings. The third-order valence-corrected chi connectivity index (χ3v) is 8.07. The van der Waals surface area contributed by atoms with Gasteiger partial charge in [-0.2, -0.15) is 0 Å². The van der Waals surface area contributed by atoms with Crippen molar-refractivity contribution in [3.05, 3.63) is 65.3 Å². The Morgan fingerprint density at radius 2 is 1.94 bits per heavy atom. The maximum atomic E-state index is 13.4. The van der Waals surface area contributed by atoms with Crippen LogP contribution in [0.15, 0.2) is 59.7 Å². The minimum absolute atomic E-state index is 0.0364. The van der Waals surface area contributed by atoms with Crippen LogP contribution in [0.5, 0.6) is 0 Å². The van der Waals surface area contributed by atoms with E-state index in [4.69, 9.17) is 16.6 Å². The topological polar surface area (TPSA) is 77.6 Å². The fourth-order valence-corrected chi connectivity index (χ4v) is 6.21. The number of benzene rings is 2. The first-order valence-electron chi connectivity index (χ1n) is 12.2. The standard InChI is InChI=1S/C27H29ClN4O2S/c28-19-11-12-23-22(15-19)18(17-29-23)13-14-32-26(34)24(16-25(33)30-20-7-3-1-4-8-20)35-27(32)31-21-9-5-2-6-10-21/h1,3-4,7-8,11-12,15,17,21,24,29H,2,5-6,9-10,13-14,16H2,(H,30,33)/t24-/m0/s1. The highest BCUT2D eigenvalue weighted by molar-refractivity contribution is 8.15. The molecule has 1 aliphatic carbocycles. The minimum Gasteiger partial charge on any atom is -0.361 e. The quantitative estimate of drug-likeness (QED) is 0.409. The molecule has 2 heterocycles. The van der Waals surface area contributed by atoms with Crippen molar-refractivity contribution in [2.24, 2.45) is 4.99 Å². The number of amides is 2. The maximum absolute atomic E-state index is 13.4. The van der Waals surface area contributed by atoms with Crippen LogP contribution in [0.4, 0.5) is 5.69 Å². The van der Waals surface area contributed by atoms with Crippen LogP contribution in [0.25, 0.3) is 10.9 Å². The number of rotatable bonds is 7. The van der Waals surface area contributed by atoms with Crippen molar-refractivity contribution in [2.75, 3.05) is 11.9 Å². The highest BCUT2D eigenvalue weighted by atomic mass is 35.5. The number of carbonyl (C=O) groups is 2. The van der Waals surface area contributed by atoms with Crippen molar-refractivity contribution in [1.82, 2.24) is 9.88 Å². The lowest BCUT2D eigenvalue weighted by Gasteiger charge is -2.21. The minimum atomic E-state index is -0.460. The molecule has 1 saturated carbocycles. The average Bonchev–Trinajstić information content (AvgIpc) is 3.39. The zero-order valence-electron chi connectivity index (χ0n) is 19.5. The molecular weight excluding hydrogens is 480 g/mol. The first-order valence-corrected chi connectivity index (χ1v) is 13.5. The van der Waals surface area contributed by atoms with E-state index in [1.165, 1.54) is 31.0 Å². The number of amidine groups is 1. The first kappa shape index (κ1) is 23.9. The highest BCUT2D eigenvalue weighted by Gasteiger charge is 2.39. The van der Waals surface area contributed by atoms with E-state index < -0.39 is 5.25 Å². The molecule has 0 bridgehead atoms. The number of hydrogen-bond acceptors (Lipinski definition) is 4. The number of thioether (sulfide) groups is 1. The van der Waals surface area contributed by atoms with Gasteiger partial charge in [0.2, 0.25) is 11.8 Å². The fourth-order valence-electron chi connectivity index (χ4n) is 4.80. The van der Waals surface area contributed by atoms with Crippen molar-refractivity contribution in [2.45, 2.75) is 56.2 Å². The Balaban J connectivity index is 1.31. The summed E-state index contributed by atoms with van der Waals surface area (Å²) in [5, 5.41) is 4.96. The molecule has 6 nitrogen and oxygen atoms in total. The predicted molar refractivity (Wildman–Crippen MR) is 144 cm³/mol. The molecule has 0 radical (unpaired) electrons. The van der Waals surface area contributed by atoms with Crippen LogP contribution in [-0.4, -0.2) is 44.7 Å². The number of aliphatic imine (C=N–C) groups is 1. The van der Waals surface area contributed by atoms with Gasteiger partial charge in [0.15, 0.2) is 5.17 Å². The Labute approximate surface area is 214 Å². The van der Waals surface area contributed by atoms with Gasteiger partial charge in [-0.3, -0.25) is 19.5 Å². The van der Waals surface area contributed by atoms with Crippen molar-refractivity contribution in [3.8, 4) is 0 Å². The number of para-hydroxylation sites is 1. The number of hydrogen-bond donors (Lipinski definition) is 2. The Kier molecular flexibility index (Phi) is 7.44. The van der Waals surface area contributed by atoms with E-state index in [-0.39, 0.29) is 24.3 Å². The summed E-state index contributed by atoms with van der Waals surface area (Å²) in [6.07, 6.45) is 8.52. The van der Waals surface area contributed by atoms with Crippen LogP contribution >= 0.6 is 23.4 Å². The number of H-pyrrole nitrogens is 1. The molecule has 2 aliphatic rings. The van der Waals surface area contributed by atoms with Gasteiger partial charge >= 0.3 is 0 Å². The molecular formula is C27H29ClN4O2S. The molecule has 2 aromatic carbocycles. The SMILES string of the molecule is O=C(C[C@@H]1SC(=NC2CCCCC2)N(CCc2c[nH]c3ccc(Cl)cc23)C1=O)Nc1ccccc1. The Morgan fingerprint density at radius 3 is 2.74 bits per heavy atom. The number of carbonyl (C=O) groups excluding carboxylic acids is 2. The molecule has 5 rings (SSSR count). The molecule has 1 atom stereocenters. The Morgan fingerprint density at radius 1 is 1.14 bits per heavy atom.